The van der Waals surface area contributed by atoms with E-state index in [0.717, 1.165) is 42.4 Å². The van der Waals surface area contributed by atoms with Crippen LogP contribution in [-0.4, -0.2) is 42.9 Å². The molecule has 1 heterocycles. The highest BCUT2D eigenvalue weighted by atomic mass is 16.2. The molecule has 0 atom stereocenters. The van der Waals surface area contributed by atoms with Gasteiger partial charge in [-0.25, -0.2) is 0 Å². The third-order valence-electron chi connectivity index (χ3n) is 5.19. The summed E-state index contributed by atoms with van der Waals surface area (Å²) in [5.74, 6) is 0.0452. The Morgan fingerprint density at radius 2 is 1.71 bits per heavy atom. The fourth-order valence-corrected chi connectivity index (χ4v) is 3.65. The first kappa shape index (κ1) is 19.7. The SMILES string of the molecule is CCN(CC)C(=O)c1ccc(/C(=C2\CC=NCC2)c2ccccc2C=O)cc1. The molecule has 4 nitrogen and oxygen atoms in total. The third kappa shape index (κ3) is 4.11. The van der Waals surface area contributed by atoms with Crippen LogP contribution < -0.4 is 0 Å². The number of aldehydes is 1. The number of carbonyl (C=O) groups excluding carboxylic acids is 2. The topological polar surface area (TPSA) is 49.7 Å². The predicted molar refractivity (Wildman–Crippen MR) is 114 cm³/mol. The van der Waals surface area contributed by atoms with Crippen LogP contribution in [0.1, 0.15) is 58.5 Å². The highest BCUT2D eigenvalue weighted by molar-refractivity contribution is 5.96. The molecule has 0 N–H and O–H groups in total. The summed E-state index contributed by atoms with van der Waals surface area (Å²) < 4.78 is 0. The van der Waals surface area contributed by atoms with E-state index >= 15 is 0 Å². The maximum Gasteiger partial charge on any atom is 0.253 e. The minimum Gasteiger partial charge on any atom is -0.339 e. The zero-order valence-corrected chi connectivity index (χ0v) is 16.5. The van der Waals surface area contributed by atoms with Gasteiger partial charge in [-0.15, -0.1) is 0 Å². The zero-order chi connectivity index (χ0) is 19.9. The fourth-order valence-electron chi connectivity index (χ4n) is 3.65. The van der Waals surface area contributed by atoms with Crippen LogP contribution in [-0.2, 0) is 0 Å². The Kier molecular flexibility index (Phi) is 6.53. The molecule has 0 unspecified atom stereocenters. The van der Waals surface area contributed by atoms with E-state index in [9.17, 15) is 9.59 Å². The first-order chi connectivity index (χ1) is 13.7. The second-order valence-electron chi connectivity index (χ2n) is 6.78. The highest BCUT2D eigenvalue weighted by Gasteiger charge is 2.17. The van der Waals surface area contributed by atoms with E-state index in [-0.39, 0.29) is 5.91 Å². The van der Waals surface area contributed by atoms with Gasteiger partial charge in [0.15, 0.2) is 6.29 Å². The molecular formula is C24H26N2O2. The van der Waals surface area contributed by atoms with Crippen LogP contribution in [0.15, 0.2) is 59.1 Å². The molecule has 0 fully saturated rings. The number of hydrogen-bond acceptors (Lipinski definition) is 3. The van der Waals surface area contributed by atoms with Crippen molar-refractivity contribution in [3.63, 3.8) is 0 Å². The zero-order valence-electron chi connectivity index (χ0n) is 16.5. The number of aliphatic imine (C=N–C) groups is 1. The Bertz CT molecular complexity index is 906. The van der Waals surface area contributed by atoms with Crippen LogP contribution in [0.2, 0.25) is 0 Å². The summed E-state index contributed by atoms with van der Waals surface area (Å²) in [6.07, 6.45) is 4.51. The lowest BCUT2D eigenvalue weighted by Crippen LogP contribution is -2.30. The van der Waals surface area contributed by atoms with Gasteiger partial charge in [0.25, 0.3) is 5.91 Å². The third-order valence-corrected chi connectivity index (χ3v) is 5.19. The van der Waals surface area contributed by atoms with Crippen LogP contribution in [0.3, 0.4) is 0 Å². The molecule has 1 aliphatic rings. The molecule has 1 aliphatic heterocycles. The number of amides is 1. The average molecular weight is 374 g/mol. The van der Waals surface area contributed by atoms with Crippen LogP contribution in [0.5, 0.6) is 0 Å². The first-order valence-corrected chi connectivity index (χ1v) is 9.84. The normalized spacial score (nSPS) is 15.2. The Morgan fingerprint density at radius 1 is 1.04 bits per heavy atom. The monoisotopic (exact) mass is 374 g/mol. The molecule has 0 bridgehead atoms. The van der Waals surface area contributed by atoms with Crippen molar-refractivity contribution in [2.45, 2.75) is 26.7 Å². The van der Waals surface area contributed by atoms with Gasteiger partial charge in [-0.3, -0.25) is 14.6 Å². The maximum absolute atomic E-state index is 12.6. The minimum absolute atomic E-state index is 0.0452. The Labute approximate surface area is 166 Å². The lowest BCUT2D eigenvalue weighted by Gasteiger charge is -2.20. The van der Waals surface area contributed by atoms with Crippen LogP contribution in [0.4, 0.5) is 0 Å². The molecule has 0 aliphatic carbocycles. The molecule has 144 valence electrons. The minimum atomic E-state index is 0.0452. The molecule has 0 spiro atoms. The maximum atomic E-state index is 12.6. The Balaban J connectivity index is 2.06. The van der Waals surface area contributed by atoms with Crippen molar-refractivity contribution in [2.24, 2.45) is 4.99 Å². The van der Waals surface area contributed by atoms with Gasteiger partial charge in [0, 0.05) is 43.4 Å². The number of benzene rings is 2. The lowest BCUT2D eigenvalue weighted by molar-refractivity contribution is 0.0773. The first-order valence-electron chi connectivity index (χ1n) is 9.84. The van der Waals surface area contributed by atoms with Crippen molar-refractivity contribution >= 4 is 24.0 Å². The number of carbonyl (C=O) groups is 2. The summed E-state index contributed by atoms with van der Waals surface area (Å²) in [5, 5.41) is 0. The molecule has 0 aromatic heterocycles. The molecular weight excluding hydrogens is 348 g/mol. The van der Waals surface area contributed by atoms with E-state index in [1.54, 1.807) is 0 Å². The quantitative estimate of drug-likeness (QED) is 0.691. The Morgan fingerprint density at radius 3 is 2.32 bits per heavy atom. The van der Waals surface area contributed by atoms with Crippen molar-refractivity contribution < 1.29 is 9.59 Å². The van der Waals surface area contributed by atoms with Crippen LogP contribution in [0.25, 0.3) is 5.57 Å². The largest absolute Gasteiger partial charge is 0.339 e. The summed E-state index contributed by atoms with van der Waals surface area (Å²) >= 11 is 0. The molecule has 0 radical (unpaired) electrons. The second kappa shape index (κ2) is 9.27. The van der Waals surface area contributed by atoms with Crippen molar-refractivity contribution in [2.75, 3.05) is 19.6 Å². The van der Waals surface area contributed by atoms with Crippen molar-refractivity contribution in [1.29, 1.82) is 0 Å². The summed E-state index contributed by atoms with van der Waals surface area (Å²) in [6.45, 7) is 6.12. The number of nitrogens with zero attached hydrogens (tertiary/aromatic N) is 2. The summed E-state index contributed by atoms with van der Waals surface area (Å²) in [7, 11) is 0. The van der Waals surface area contributed by atoms with E-state index < -0.39 is 0 Å². The van der Waals surface area contributed by atoms with Gasteiger partial charge in [0.1, 0.15) is 0 Å². The molecule has 2 aromatic rings. The summed E-state index contributed by atoms with van der Waals surface area (Å²) in [6, 6.07) is 15.4. The van der Waals surface area contributed by atoms with Crippen molar-refractivity contribution in [1.82, 2.24) is 4.90 Å². The van der Waals surface area contributed by atoms with Crippen molar-refractivity contribution in [3.8, 4) is 0 Å². The fraction of sp³-hybridized carbons (Fsp3) is 0.292. The van der Waals surface area contributed by atoms with Gasteiger partial charge in [0.2, 0.25) is 0 Å². The van der Waals surface area contributed by atoms with Crippen LogP contribution in [0, 0.1) is 0 Å². The van der Waals surface area contributed by atoms with E-state index in [1.807, 2.05) is 73.5 Å². The van der Waals surface area contributed by atoms with Gasteiger partial charge in [-0.2, -0.15) is 0 Å². The molecule has 1 amide bonds. The van der Waals surface area contributed by atoms with Gasteiger partial charge < -0.3 is 4.90 Å². The Hall–Kier alpha value is -3.01. The number of hydrogen-bond donors (Lipinski definition) is 0. The molecule has 3 rings (SSSR count). The smallest absolute Gasteiger partial charge is 0.253 e. The lowest BCUT2D eigenvalue weighted by atomic mass is 9.87. The summed E-state index contributed by atoms with van der Waals surface area (Å²) in [4.78, 5) is 30.4. The van der Waals surface area contributed by atoms with Gasteiger partial charge >= 0.3 is 0 Å². The van der Waals surface area contributed by atoms with Crippen LogP contribution >= 0.6 is 0 Å². The molecule has 4 heteroatoms. The predicted octanol–water partition coefficient (Wildman–Crippen LogP) is 4.65. The van der Waals surface area contributed by atoms with E-state index in [4.69, 9.17) is 0 Å². The molecule has 0 saturated heterocycles. The summed E-state index contributed by atoms with van der Waals surface area (Å²) in [5.41, 5.74) is 5.67. The van der Waals surface area contributed by atoms with E-state index in [0.29, 0.717) is 24.2 Å². The molecule has 28 heavy (non-hydrogen) atoms. The van der Waals surface area contributed by atoms with Gasteiger partial charge in [0.05, 0.1) is 0 Å². The van der Waals surface area contributed by atoms with Gasteiger partial charge in [-0.05, 0) is 49.1 Å². The molecule has 2 aromatic carbocycles. The second-order valence-corrected chi connectivity index (χ2v) is 6.78. The molecule has 0 saturated carbocycles. The standard InChI is InChI=1S/C24H26N2O2/c1-3-26(4-2)24(28)20-11-9-18(10-12-20)23(19-13-15-25-16-14-19)22-8-6-5-7-21(22)17-27/h5-12,15,17H,3-4,13-14,16H2,1-2H3/b23-19-. The average Bonchev–Trinajstić information content (AvgIpc) is 2.76. The number of rotatable bonds is 6. The van der Waals surface area contributed by atoms with Crippen molar-refractivity contribution in [3.05, 3.63) is 76.4 Å². The van der Waals surface area contributed by atoms with E-state index in [2.05, 4.69) is 4.99 Å². The van der Waals surface area contributed by atoms with Gasteiger partial charge in [-0.1, -0.05) is 42.0 Å². The van der Waals surface area contributed by atoms with E-state index in [1.165, 1.54) is 5.57 Å². The highest BCUT2D eigenvalue weighted by Crippen LogP contribution is 2.33.